The molecule has 1 fully saturated rings. The lowest BCUT2D eigenvalue weighted by atomic mass is 9.81. The standard InChI is InChI=1S/C19H31N3O3S/c1-3-19(4-2,15-20)18(23)21-17-10-12-22(13-11-17)26(24,25)14-16-8-6-5-7-9-16/h5-9,17H,3-4,10-15,20H2,1-2H3,(H,21,23). The number of carbonyl (C=O) groups excluding carboxylic acids is 1. The monoisotopic (exact) mass is 381 g/mol. The highest BCUT2D eigenvalue weighted by Crippen LogP contribution is 2.26. The predicted molar refractivity (Wildman–Crippen MR) is 104 cm³/mol. The Kier molecular flexibility index (Phi) is 7.20. The van der Waals surface area contributed by atoms with Crippen LogP contribution in [0.5, 0.6) is 0 Å². The zero-order valence-electron chi connectivity index (χ0n) is 15.8. The molecule has 3 N–H and O–H groups in total. The summed E-state index contributed by atoms with van der Waals surface area (Å²) in [4.78, 5) is 12.6. The first kappa shape index (κ1) is 20.9. The van der Waals surface area contributed by atoms with Crippen molar-refractivity contribution in [3.05, 3.63) is 35.9 Å². The number of piperidine rings is 1. The van der Waals surface area contributed by atoms with Crippen LogP contribution < -0.4 is 11.1 Å². The van der Waals surface area contributed by atoms with Crippen molar-refractivity contribution in [1.82, 2.24) is 9.62 Å². The average Bonchev–Trinajstić information content (AvgIpc) is 2.64. The molecule has 2 rings (SSSR count). The molecule has 0 radical (unpaired) electrons. The Morgan fingerprint density at radius 3 is 2.27 bits per heavy atom. The number of nitrogens with one attached hydrogen (secondary N) is 1. The maximum atomic E-state index is 12.6. The van der Waals surface area contributed by atoms with E-state index in [9.17, 15) is 13.2 Å². The number of carbonyl (C=O) groups is 1. The molecule has 0 aromatic heterocycles. The van der Waals surface area contributed by atoms with Gasteiger partial charge in [0.25, 0.3) is 0 Å². The number of nitrogens with two attached hydrogens (primary N) is 1. The number of amides is 1. The van der Waals surface area contributed by atoms with E-state index in [0.29, 0.717) is 45.3 Å². The number of hydrogen-bond donors (Lipinski definition) is 2. The summed E-state index contributed by atoms with van der Waals surface area (Å²) in [7, 11) is -3.33. The van der Waals surface area contributed by atoms with Crippen molar-refractivity contribution in [2.24, 2.45) is 11.1 Å². The van der Waals surface area contributed by atoms with Gasteiger partial charge in [-0.2, -0.15) is 0 Å². The highest BCUT2D eigenvalue weighted by molar-refractivity contribution is 7.88. The van der Waals surface area contributed by atoms with Crippen molar-refractivity contribution < 1.29 is 13.2 Å². The van der Waals surface area contributed by atoms with Gasteiger partial charge in [0.1, 0.15) is 0 Å². The van der Waals surface area contributed by atoms with Gasteiger partial charge in [-0.15, -0.1) is 0 Å². The predicted octanol–water partition coefficient (Wildman–Crippen LogP) is 1.86. The molecular weight excluding hydrogens is 350 g/mol. The fourth-order valence-electron chi connectivity index (χ4n) is 3.45. The van der Waals surface area contributed by atoms with Gasteiger partial charge in [-0.25, -0.2) is 12.7 Å². The second-order valence-corrected chi connectivity index (χ2v) is 9.05. The van der Waals surface area contributed by atoms with E-state index in [1.54, 1.807) is 4.31 Å². The van der Waals surface area contributed by atoms with Gasteiger partial charge in [-0.1, -0.05) is 44.2 Å². The minimum atomic E-state index is -3.33. The Morgan fingerprint density at radius 1 is 1.19 bits per heavy atom. The van der Waals surface area contributed by atoms with Gasteiger partial charge in [0.15, 0.2) is 0 Å². The fourth-order valence-corrected chi connectivity index (χ4v) is 5.01. The molecular formula is C19H31N3O3S. The van der Waals surface area contributed by atoms with Crippen LogP contribution in [0.1, 0.15) is 45.1 Å². The van der Waals surface area contributed by atoms with E-state index in [-0.39, 0.29) is 17.7 Å². The van der Waals surface area contributed by atoms with E-state index in [2.05, 4.69) is 5.32 Å². The zero-order valence-corrected chi connectivity index (χ0v) is 16.6. The lowest BCUT2D eigenvalue weighted by Gasteiger charge is -2.35. The Morgan fingerprint density at radius 2 is 1.77 bits per heavy atom. The van der Waals surface area contributed by atoms with Crippen LogP contribution in [-0.2, 0) is 20.6 Å². The molecule has 7 heteroatoms. The summed E-state index contributed by atoms with van der Waals surface area (Å²) in [6.45, 7) is 5.17. The van der Waals surface area contributed by atoms with Gasteiger partial charge >= 0.3 is 0 Å². The van der Waals surface area contributed by atoms with Crippen molar-refractivity contribution in [2.45, 2.75) is 51.3 Å². The molecule has 1 aromatic rings. The minimum absolute atomic E-state index is 0.00408. The van der Waals surface area contributed by atoms with Crippen molar-refractivity contribution in [3.8, 4) is 0 Å². The molecule has 26 heavy (non-hydrogen) atoms. The Bertz CT molecular complexity index is 671. The zero-order chi connectivity index (χ0) is 19.2. The summed E-state index contributed by atoms with van der Waals surface area (Å²) in [5, 5.41) is 3.09. The molecule has 0 spiro atoms. The van der Waals surface area contributed by atoms with Gasteiger partial charge in [0.2, 0.25) is 15.9 Å². The molecule has 1 heterocycles. The Labute approximate surface area is 157 Å². The van der Waals surface area contributed by atoms with E-state index in [1.165, 1.54) is 0 Å². The quantitative estimate of drug-likeness (QED) is 0.719. The Hall–Kier alpha value is -1.44. The fraction of sp³-hybridized carbons (Fsp3) is 0.632. The summed E-state index contributed by atoms with van der Waals surface area (Å²) in [6.07, 6.45) is 2.67. The first-order valence-electron chi connectivity index (χ1n) is 9.39. The van der Waals surface area contributed by atoms with Gasteiger partial charge in [0, 0.05) is 25.7 Å². The topological polar surface area (TPSA) is 92.5 Å². The molecule has 6 nitrogen and oxygen atoms in total. The molecule has 1 aromatic carbocycles. The van der Waals surface area contributed by atoms with Gasteiger partial charge in [-0.3, -0.25) is 4.79 Å². The third-order valence-electron chi connectivity index (χ3n) is 5.60. The van der Waals surface area contributed by atoms with Crippen LogP contribution in [0.25, 0.3) is 0 Å². The van der Waals surface area contributed by atoms with Crippen LogP contribution in [0.3, 0.4) is 0 Å². The minimum Gasteiger partial charge on any atom is -0.353 e. The van der Waals surface area contributed by atoms with Crippen molar-refractivity contribution >= 4 is 15.9 Å². The molecule has 0 bridgehead atoms. The second-order valence-electron chi connectivity index (χ2n) is 7.08. The third-order valence-corrected chi connectivity index (χ3v) is 7.45. The van der Waals surface area contributed by atoms with Crippen LogP contribution in [0.2, 0.25) is 0 Å². The highest BCUT2D eigenvalue weighted by Gasteiger charge is 2.36. The lowest BCUT2D eigenvalue weighted by molar-refractivity contribution is -0.132. The van der Waals surface area contributed by atoms with Gasteiger partial charge in [-0.05, 0) is 31.2 Å². The van der Waals surface area contributed by atoms with E-state index in [4.69, 9.17) is 5.73 Å². The summed E-state index contributed by atoms with van der Waals surface area (Å²) in [5.41, 5.74) is 6.11. The smallest absolute Gasteiger partial charge is 0.227 e. The number of rotatable bonds is 8. The summed E-state index contributed by atoms with van der Waals surface area (Å²) >= 11 is 0. The van der Waals surface area contributed by atoms with Crippen LogP contribution in [0.15, 0.2) is 30.3 Å². The molecule has 146 valence electrons. The molecule has 1 aliphatic heterocycles. The van der Waals surface area contributed by atoms with Crippen LogP contribution >= 0.6 is 0 Å². The highest BCUT2D eigenvalue weighted by atomic mass is 32.2. The van der Waals surface area contributed by atoms with Crippen molar-refractivity contribution in [1.29, 1.82) is 0 Å². The summed E-state index contributed by atoms with van der Waals surface area (Å²) in [6, 6.07) is 9.22. The molecule has 0 aliphatic carbocycles. The van der Waals surface area contributed by atoms with E-state index < -0.39 is 15.4 Å². The van der Waals surface area contributed by atoms with E-state index in [0.717, 1.165) is 5.56 Å². The molecule has 1 amide bonds. The normalized spacial score (nSPS) is 17.2. The maximum Gasteiger partial charge on any atom is 0.227 e. The lowest BCUT2D eigenvalue weighted by Crippen LogP contribution is -2.52. The molecule has 0 atom stereocenters. The number of nitrogens with zero attached hydrogens (tertiary/aromatic N) is 1. The SMILES string of the molecule is CCC(CC)(CN)C(=O)NC1CCN(S(=O)(=O)Cc2ccccc2)CC1. The van der Waals surface area contributed by atoms with Crippen molar-refractivity contribution in [3.63, 3.8) is 0 Å². The molecule has 1 saturated heterocycles. The summed E-state index contributed by atoms with van der Waals surface area (Å²) < 4.78 is 26.7. The van der Waals surface area contributed by atoms with Crippen LogP contribution in [0, 0.1) is 5.41 Å². The van der Waals surface area contributed by atoms with E-state index >= 15 is 0 Å². The maximum absolute atomic E-state index is 12.6. The average molecular weight is 382 g/mol. The Balaban J connectivity index is 1.91. The number of benzene rings is 1. The number of hydrogen-bond acceptors (Lipinski definition) is 4. The van der Waals surface area contributed by atoms with Crippen LogP contribution in [0.4, 0.5) is 0 Å². The largest absolute Gasteiger partial charge is 0.353 e. The first-order valence-corrected chi connectivity index (χ1v) is 11.0. The van der Waals surface area contributed by atoms with Gasteiger partial charge < -0.3 is 11.1 Å². The van der Waals surface area contributed by atoms with E-state index in [1.807, 2.05) is 44.2 Å². The second kappa shape index (κ2) is 8.97. The van der Waals surface area contributed by atoms with Gasteiger partial charge in [0.05, 0.1) is 11.2 Å². The third kappa shape index (κ3) is 4.84. The molecule has 0 saturated carbocycles. The summed E-state index contributed by atoms with van der Waals surface area (Å²) in [5.74, 6) is 0.0166. The number of sulfonamides is 1. The molecule has 1 aliphatic rings. The van der Waals surface area contributed by atoms with Crippen molar-refractivity contribution in [2.75, 3.05) is 19.6 Å². The first-order chi connectivity index (χ1) is 12.4. The van der Waals surface area contributed by atoms with Crippen LogP contribution in [-0.4, -0.2) is 44.3 Å². The molecule has 0 unspecified atom stereocenters.